The van der Waals surface area contributed by atoms with Crippen LogP contribution in [-0.2, 0) is 26.2 Å². The first-order valence-electron chi connectivity index (χ1n) is 12.8. The van der Waals surface area contributed by atoms with Crippen molar-refractivity contribution in [3.63, 3.8) is 0 Å². The summed E-state index contributed by atoms with van der Waals surface area (Å²) in [6, 6.07) is 17.2. The Hall–Kier alpha value is -3.92. The van der Waals surface area contributed by atoms with Crippen LogP contribution in [0.5, 0.6) is 5.75 Å². The third-order valence-corrected chi connectivity index (χ3v) is 7.97. The van der Waals surface area contributed by atoms with Crippen molar-refractivity contribution in [3.8, 4) is 5.75 Å². The van der Waals surface area contributed by atoms with E-state index in [0.29, 0.717) is 5.75 Å². The van der Waals surface area contributed by atoms with E-state index in [1.165, 1.54) is 29.2 Å². The summed E-state index contributed by atoms with van der Waals surface area (Å²) in [5, 5.41) is 2.88. The fraction of sp³-hybridized carbons (Fsp3) is 0.333. The molecule has 3 aromatic carbocycles. The van der Waals surface area contributed by atoms with Crippen LogP contribution in [0.3, 0.4) is 0 Å². The quantitative estimate of drug-likeness (QED) is 0.383. The van der Waals surface area contributed by atoms with Gasteiger partial charge in [0.05, 0.1) is 17.7 Å². The molecule has 2 amide bonds. The van der Waals surface area contributed by atoms with E-state index in [2.05, 4.69) is 5.32 Å². The molecule has 0 saturated carbocycles. The number of amides is 2. The highest BCUT2D eigenvalue weighted by atomic mass is 32.2. The van der Waals surface area contributed by atoms with Crippen LogP contribution in [0.2, 0.25) is 0 Å². The van der Waals surface area contributed by atoms with Crippen molar-refractivity contribution in [2.24, 2.45) is 0 Å². The maximum absolute atomic E-state index is 13.9. The molecule has 3 rings (SSSR count). The molecule has 0 aliphatic carbocycles. The Morgan fingerprint density at radius 3 is 2.05 bits per heavy atom. The smallest absolute Gasteiger partial charge is 0.264 e. The molecule has 0 aliphatic heterocycles. The van der Waals surface area contributed by atoms with Crippen molar-refractivity contribution >= 4 is 27.5 Å². The molecule has 40 heavy (non-hydrogen) atoms. The monoisotopic (exact) mass is 569 g/mol. The predicted octanol–water partition coefficient (Wildman–Crippen LogP) is 4.67. The van der Waals surface area contributed by atoms with E-state index >= 15 is 0 Å². The lowest BCUT2D eigenvalue weighted by atomic mass is 10.1. The number of rotatable bonds is 10. The molecule has 0 aromatic heterocycles. The SMILES string of the molecule is COc1ccc(CN(C(=O)CN(c2ccc(F)cc2)S(=O)(=O)c2ccc(C)cc2)[C@H](C)C(=O)NC(C)(C)C)cc1. The average Bonchev–Trinajstić information content (AvgIpc) is 2.90. The van der Waals surface area contributed by atoms with Gasteiger partial charge in [0.15, 0.2) is 0 Å². The summed E-state index contributed by atoms with van der Waals surface area (Å²) in [6.07, 6.45) is 0. The summed E-state index contributed by atoms with van der Waals surface area (Å²) in [7, 11) is -2.68. The zero-order chi connectivity index (χ0) is 29.7. The zero-order valence-electron chi connectivity index (χ0n) is 23.6. The van der Waals surface area contributed by atoms with Gasteiger partial charge < -0.3 is 15.0 Å². The number of methoxy groups -OCH3 is 1. The van der Waals surface area contributed by atoms with Crippen LogP contribution in [0.1, 0.15) is 38.8 Å². The molecule has 0 saturated heterocycles. The van der Waals surface area contributed by atoms with Crippen molar-refractivity contribution in [1.29, 1.82) is 0 Å². The Labute approximate surface area is 235 Å². The van der Waals surface area contributed by atoms with E-state index in [9.17, 15) is 22.4 Å². The first-order chi connectivity index (χ1) is 18.7. The number of benzene rings is 3. The first kappa shape index (κ1) is 30.6. The van der Waals surface area contributed by atoms with Crippen LogP contribution < -0.4 is 14.4 Å². The Morgan fingerprint density at radius 1 is 0.950 bits per heavy atom. The highest BCUT2D eigenvalue weighted by Gasteiger charge is 2.33. The molecule has 10 heteroatoms. The third-order valence-electron chi connectivity index (χ3n) is 6.18. The number of sulfonamides is 1. The van der Waals surface area contributed by atoms with E-state index < -0.39 is 39.9 Å². The number of nitrogens with one attached hydrogen (secondary N) is 1. The van der Waals surface area contributed by atoms with Gasteiger partial charge in [-0.05, 0) is 88.7 Å². The summed E-state index contributed by atoms with van der Waals surface area (Å²) in [6.45, 7) is 8.36. The minimum absolute atomic E-state index is 0.0181. The van der Waals surface area contributed by atoms with Gasteiger partial charge >= 0.3 is 0 Å². The second kappa shape index (κ2) is 12.5. The molecule has 0 heterocycles. The molecule has 1 atom stereocenters. The summed E-state index contributed by atoms with van der Waals surface area (Å²) in [5.41, 5.74) is 1.16. The van der Waals surface area contributed by atoms with E-state index in [1.807, 2.05) is 27.7 Å². The maximum Gasteiger partial charge on any atom is 0.264 e. The second-order valence-corrected chi connectivity index (χ2v) is 12.4. The van der Waals surface area contributed by atoms with Gasteiger partial charge in [-0.3, -0.25) is 13.9 Å². The number of hydrogen-bond acceptors (Lipinski definition) is 5. The molecule has 0 bridgehead atoms. The highest BCUT2D eigenvalue weighted by molar-refractivity contribution is 7.92. The standard InChI is InChI=1S/C30H36FN3O5S/c1-21-7-17-27(18-8-21)40(37,38)34(25-13-11-24(31)12-14-25)20-28(35)33(22(2)29(36)32-30(3,4)5)19-23-9-15-26(39-6)16-10-23/h7-18,22H,19-20H2,1-6H3,(H,32,36)/t22-/m1/s1. The van der Waals surface area contributed by atoms with E-state index in [4.69, 9.17) is 4.74 Å². The minimum Gasteiger partial charge on any atom is -0.497 e. The number of carbonyl (C=O) groups is 2. The number of aryl methyl sites for hydroxylation is 1. The van der Waals surface area contributed by atoms with E-state index in [0.717, 1.165) is 27.6 Å². The van der Waals surface area contributed by atoms with Gasteiger partial charge in [0.1, 0.15) is 24.2 Å². The van der Waals surface area contributed by atoms with Crippen molar-refractivity contribution < 1.29 is 27.1 Å². The van der Waals surface area contributed by atoms with Gasteiger partial charge in [-0.25, -0.2) is 12.8 Å². The lowest BCUT2D eigenvalue weighted by Gasteiger charge is -2.33. The van der Waals surface area contributed by atoms with Crippen LogP contribution >= 0.6 is 0 Å². The Balaban J connectivity index is 2.02. The molecular weight excluding hydrogens is 533 g/mol. The molecule has 8 nitrogen and oxygen atoms in total. The van der Waals surface area contributed by atoms with Crippen molar-refractivity contribution in [3.05, 3.63) is 89.7 Å². The summed E-state index contributed by atoms with van der Waals surface area (Å²) < 4.78 is 47.4. The summed E-state index contributed by atoms with van der Waals surface area (Å²) in [4.78, 5) is 28.4. The van der Waals surface area contributed by atoms with Crippen LogP contribution in [0.4, 0.5) is 10.1 Å². The molecule has 214 valence electrons. The first-order valence-corrected chi connectivity index (χ1v) is 14.2. The maximum atomic E-state index is 13.9. The van der Waals surface area contributed by atoms with Crippen LogP contribution in [0.15, 0.2) is 77.7 Å². The molecule has 0 aliphatic rings. The number of hydrogen-bond donors (Lipinski definition) is 1. The highest BCUT2D eigenvalue weighted by Crippen LogP contribution is 2.25. The number of nitrogens with zero attached hydrogens (tertiary/aromatic N) is 2. The van der Waals surface area contributed by atoms with Gasteiger partial charge in [0.2, 0.25) is 11.8 Å². The molecule has 0 spiro atoms. The number of halogens is 1. The third kappa shape index (κ3) is 7.81. The number of carbonyl (C=O) groups excluding carboxylic acids is 2. The topological polar surface area (TPSA) is 96.0 Å². The Bertz CT molecular complexity index is 1420. The van der Waals surface area contributed by atoms with Gasteiger partial charge in [0.25, 0.3) is 10.0 Å². The van der Waals surface area contributed by atoms with Crippen molar-refractivity contribution in [2.45, 2.75) is 57.6 Å². The average molecular weight is 570 g/mol. The molecule has 3 aromatic rings. The van der Waals surface area contributed by atoms with Gasteiger partial charge in [-0.2, -0.15) is 0 Å². The fourth-order valence-electron chi connectivity index (χ4n) is 3.96. The second-order valence-electron chi connectivity index (χ2n) is 10.6. The predicted molar refractivity (Wildman–Crippen MR) is 153 cm³/mol. The fourth-order valence-corrected chi connectivity index (χ4v) is 5.37. The van der Waals surface area contributed by atoms with Crippen LogP contribution in [0, 0.1) is 12.7 Å². The Kier molecular flexibility index (Phi) is 9.57. The van der Waals surface area contributed by atoms with Gasteiger partial charge in [-0.15, -0.1) is 0 Å². The normalized spacial score (nSPS) is 12.4. The lowest BCUT2D eigenvalue weighted by Crippen LogP contribution is -2.54. The number of ether oxygens (including phenoxy) is 1. The van der Waals surface area contributed by atoms with Gasteiger partial charge in [0, 0.05) is 12.1 Å². The Morgan fingerprint density at radius 2 is 1.52 bits per heavy atom. The largest absolute Gasteiger partial charge is 0.497 e. The molecule has 0 fully saturated rings. The van der Waals surface area contributed by atoms with Crippen LogP contribution in [-0.4, -0.2) is 50.4 Å². The van der Waals surface area contributed by atoms with E-state index in [-0.39, 0.29) is 23.0 Å². The molecular formula is C30H36FN3O5S. The summed E-state index contributed by atoms with van der Waals surface area (Å²) >= 11 is 0. The minimum atomic E-state index is -4.22. The summed E-state index contributed by atoms with van der Waals surface area (Å²) in [5.74, 6) is -0.903. The zero-order valence-corrected chi connectivity index (χ0v) is 24.5. The molecule has 0 radical (unpaired) electrons. The lowest BCUT2D eigenvalue weighted by molar-refractivity contribution is -0.140. The van der Waals surface area contributed by atoms with Crippen LogP contribution in [0.25, 0.3) is 0 Å². The molecule has 1 N–H and O–H groups in total. The molecule has 0 unspecified atom stereocenters. The number of anilines is 1. The van der Waals surface area contributed by atoms with E-state index in [1.54, 1.807) is 50.4 Å². The van der Waals surface area contributed by atoms with Gasteiger partial charge in [-0.1, -0.05) is 29.8 Å². The van der Waals surface area contributed by atoms with Crippen molar-refractivity contribution in [1.82, 2.24) is 10.2 Å². The van der Waals surface area contributed by atoms with Crippen molar-refractivity contribution in [2.75, 3.05) is 18.0 Å².